The Morgan fingerprint density at radius 3 is 2.46 bits per heavy atom. The Balaban J connectivity index is 1.94. The number of aryl methyl sites for hydroxylation is 2. The molecule has 0 aromatic heterocycles. The monoisotopic (exact) mass is 345 g/mol. The van der Waals surface area contributed by atoms with Crippen LogP contribution in [0.25, 0.3) is 0 Å². The van der Waals surface area contributed by atoms with Gasteiger partial charge in [0.05, 0.1) is 10.6 Å². The Hall–Kier alpha value is -1.89. The highest BCUT2D eigenvalue weighted by Crippen LogP contribution is 2.27. The van der Waals surface area contributed by atoms with E-state index in [1.807, 2.05) is 44.2 Å². The van der Waals surface area contributed by atoms with Crippen LogP contribution in [-0.2, 0) is 10.0 Å². The second kappa shape index (κ2) is 6.55. The minimum absolute atomic E-state index is 0.119. The van der Waals surface area contributed by atoms with E-state index in [2.05, 4.69) is 22.5 Å². The molecule has 1 aliphatic heterocycles. The fraction of sp³-hybridized carbons (Fsp3) is 0.333. The molecule has 6 heteroatoms. The number of rotatable bonds is 4. The Morgan fingerprint density at radius 2 is 1.79 bits per heavy atom. The van der Waals surface area contributed by atoms with Gasteiger partial charge in [-0.25, -0.2) is 8.42 Å². The van der Waals surface area contributed by atoms with Crippen LogP contribution in [0.2, 0.25) is 0 Å². The number of para-hydroxylation sites is 1. The van der Waals surface area contributed by atoms with Crippen LogP contribution in [0.3, 0.4) is 0 Å². The molecule has 0 aliphatic carbocycles. The zero-order valence-electron chi connectivity index (χ0n) is 14.1. The fourth-order valence-electron chi connectivity index (χ4n) is 2.94. The summed E-state index contributed by atoms with van der Waals surface area (Å²) in [4.78, 5) is 0.324. The first kappa shape index (κ1) is 17.0. The van der Waals surface area contributed by atoms with Crippen molar-refractivity contribution < 1.29 is 8.42 Å². The topological polar surface area (TPSA) is 70.2 Å². The molecule has 0 spiro atoms. The lowest BCUT2D eigenvalue weighted by Crippen LogP contribution is -2.29. The summed E-state index contributed by atoms with van der Waals surface area (Å²) >= 11 is 0. The molecule has 2 unspecified atom stereocenters. The van der Waals surface area contributed by atoms with E-state index in [1.165, 1.54) is 0 Å². The lowest BCUT2D eigenvalue weighted by Gasteiger charge is -2.16. The van der Waals surface area contributed by atoms with Crippen molar-refractivity contribution in [3.05, 3.63) is 59.2 Å². The van der Waals surface area contributed by atoms with Crippen molar-refractivity contribution in [1.82, 2.24) is 10.9 Å². The number of anilines is 1. The summed E-state index contributed by atoms with van der Waals surface area (Å²) in [5, 5.41) is 0. The largest absolute Gasteiger partial charge is 0.279 e. The van der Waals surface area contributed by atoms with E-state index in [9.17, 15) is 8.42 Å². The van der Waals surface area contributed by atoms with Crippen LogP contribution in [0, 0.1) is 13.8 Å². The Morgan fingerprint density at radius 1 is 1.04 bits per heavy atom. The van der Waals surface area contributed by atoms with E-state index in [0.717, 1.165) is 23.1 Å². The van der Waals surface area contributed by atoms with Crippen LogP contribution in [0.4, 0.5) is 5.69 Å². The van der Waals surface area contributed by atoms with E-state index < -0.39 is 10.0 Å². The van der Waals surface area contributed by atoms with Gasteiger partial charge in [-0.3, -0.25) is 15.6 Å². The summed E-state index contributed by atoms with van der Waals surface area (Å²) in [6.45, 7) is 5.80. The molecule has 0 bridgehead atoms. The van der Waals surface area contributed by atoms with Crippen molar-refractivity contribution in [3.8, 4) is 0 Å². The highest BCUT2D eigenvalue weighted by atomic mass is 32.2. The molecule has 1 heterocycles. The number of benzene rings is 2. The third kappa shape index (κ3) is 3.45. The van der Waals surface area contributed by atoms with Crippen molar-refractivity contribution in [1.29, 1.82) is 0 Å². The predicted octanol–water partition coefficient (Wildman–Crippen LogP) is 3.03. The van der Waals surface area contributed by atoms with Gasteiger partial charge in [0, 0.05) is 12.1 Å². The maximum absolute atomic E-state index is 12.9. The Kier molecular flexibility index (Phi) is 4.62. The predicted molar refractivity (Wildman–Crippen MR) is 96.3 cm³/mol. The molecule has 5 nitrogen and oxygen atoms in total. The molecule has 0 amide bonds. The third-order valence-electron chi connectivity index (χ3n) is 4.39. The molecule has 1 aliphatic rings. The molecule has 0 saturated carbocycles. The molecule has 3 N–H and O–H groups in total. The molecular weight excluding hydrogens is 322 g/mol. The standard InChI is InChI=1S/C18H23N3O2S/c1-12-6-4-5-7-16(12)21-24(22,23)18-11-15(9-8-13(18)2)17-10-14(3)19-20-17/h4-9,11,14,17,19-21H,10H2,1-3H3. The zero-order chi connectivity index (χ0) is 17.3. The van der Waals surface area contributed by atoms with E-state index in [1.54, 1.807) is 12.1 Å². The first-order valence-corrected chi connectivity index (χ1v) is 9.55. The number of nitrogens with one attached hydrogen (secondary N) is 3. The second-order valence-electron chi connectivity index (χ2n) is 6.42. The van der Waals surface area contributed by atoms with Crippen molar-refractivity contribution in [2.45, 2.75) is 44.2 Å². The van der Waals surface area contributed by atoms with E-state index in [4.69, 9.17) is 0 Å². The van der Waals surface area contributed by atoms with Gasteiger partial charge < -0.3 is 0 Å². The minimum Gasteiger partial charge on any atom is -0.279 e. The van der Waals surface area contributed by atoms with Gasteiger partial charge in [-0.2, -0.15) is 0 Å². The van der Waals surface area contributed by atoms with Crippen molar-refractivity contribution >= 4 is 15.7 Å². The summed E-state index contributed by atoms with van der Waals surface area (Å²) in [7, 11) is -3.63. The van der Waals surface area contributed by atoms with Gasteiger partial charge in [0.1, 0.15) is 0 Å². The highest BCUT2D eigenvalue weighted by Gasteiger charge is 2.24. The lowest BCUT2D eigenvalue weighted by atomic mass is 10.0. The zero-order valence-corrected chi connectivity index (χ0v) is 14.9. The molecular formula is C18H23N3O2S. The SMILES string of the molecule is Cc1ccccc1NS(=O)(=O)c1cc(C2CC(C)NN2)ccc1C. The van der Waals surface area contributed by atoms with Crippen LogP contribution in [0.1, 0.15) is 36.1 Å². The van der Waals surface area contributed by atoms with Gasteiger partial charge in [0.2, 0.25) is 0 Å². The smallest absolute Gasteiger partial charge is 0.262 e. The number of hydrogen-bond donors (Lipinski definition) is 3. The molecule has 128 valence electrons. The van der Waals surface area contributed by atoms with Crippen LogP contribution in [0.15, 0.2) is 47.4 Å². The summed E-state index contributed by atoms with van der Waals surface area (Å²) < 4.78 is 28.4. The second-order valence-corrected chi connectivity index (χ2v) is 8.07. The first-order valence-electron chi connectivity index (χ1n) is 8.07. The van der Waals surface area contributed by atoms with Gasteiger partial charge >= 0.3 is 0 Å². The third-order valence-corrected chi connectivity index (χ3v) is 5.89. The van der Waals surface area contributed by atoms with Gasteiger partial charge in [-0.05, 0) is 56.0 Å². The summed E-state index contributed by atoms with van der Waals surface area (Å²) in [5.74, 6) is 0. The minimum atomic E-state index is -3.63. The normalized spacial score (nSPS) is 21.0. The average molecular weight is 345 g/mol. The average Bonchev–Trinajstić information content (AvgIpc) is 2.96. The van der Waals surface area contributed by atoms with Crippen LogP contribution in [-0.4, -0.2) is 14.5 Å². The summed E-state index contributed by atoms with van der Waals surface area (Å²) in [6.07, 6.45) is 0.924. The molecule has 2 atom stereocenters. The van der Waals surface area contributed by atoms with Gasteiger partial charge in [0.15, 0.2) is 0 Å². The quantitative estimate of drug-likeness (QED) is 0.797. The number of hydrogen-bond acceptors (Lipinski definition) is 4. The maximum atomic E-state index is 12.9. The fourth-order valence-corrected chi connectivity index (χ4v) is 4.36. The molecule has 1 saturated heterocycles. The number of hydrazine groups is 1. The molecule has 2 aromatic rings. The van der Waals surface area contributed by atoms with Crippen molar-refractivity contribution in [2.24, 2.45) is 0 Å². The highest BCUT2D eigenvalue weighted by molar-refractivity contribution is 7.92. The molecule has 24 heavy (non-hydrogen) atoms. The van der Waals surface area contributed by atoms with Gasteiger partial charge in [0.25, 0.3) is 10.0 Å². The molecule has 1 fully saturated rings. The van der Waals surface area contributed by atoms with Crippen molar-refractivity contribution in [2.75, 3.05) is 4.72 Å². The van der Waals surface area contributed by atoms with E-state index >= 15 is 0 Å². The molecule has 0 radical (unpaired) electrons. The lowest BCUT2D eigenvalue weighted by molar-refractivity contribution is 0.559. The van der Waals surface area contributed by atoms with E-state index in [-0.39, 0.29) is 6.04 Å². The summed E-state index contributed by atoms with van der Waals surface area (Å²) in [5.41, 5.74) is 9.60. The van der Waals surface area contributed by atoms with Crippen LogP contribution < -0.4 is 15.6 Å². The summed E-state index contributed by atoms with van der Waals surface area (Å²) in [6, 6.07) is 13.5. The van der Waals surface area contributed by atoms with Crippen LogP contribution >= 0.6 is 0 Å². The molecule has 2 aromatic carbocycles. The van der Waals surface area contributed by atoms with Crippen LogP contribution in [0.5, 0.6) is 0 Å². The maximum Gasteiger partial charge on any atom is 0.262 e. The number of sulfonamides is 1. The first-order chi connectivity index (χ1) is 11.4. The Labute approximate surface area is 143 Å². The van der Waals surface area contributed by atoms with Gasteiger partial charge in [-0.1, -0.05) is 30.3 Å². The Bertz CT molecular complexity index is 849. The molecule has 3 rings (SSSR count). The van der Waals surface area contributed by atoms with E-state index in [0.29, 0.717) is 16.6 Å². The van der Waals surface area contributed by atoms with Gasteiger partial charge in [-0.15, -0.1) is 0 Å². The van der Waals surface area contributed by atoms with Crippen molar-refractivity contribution in [3.63, 3.8) is 0 Å².